The molecule has 110 valence electrons. The Labute approximate surface area is 117 Å². The van der Waals surface area contributed by atoms with Gasteiger partial charge in [0.15, 0.2) is 0 Å². The van der Waals surface area contributed by atoms with Gasteiger partial charge in [0.25, 0.3) is 0 Å². The number of carbonyl (C=O) groups is 2. The first-order chi connectivity index (χ1) is 9.52. The fourth-order valence-corrected chi connectivity index (χ4v) is 1.26. The lowest BCUT2D eigenvalue weighted by Gasteiger charge is -2.05. The molecule has 0 bridgehead atoms. The van der Waals surface area contributed by atoms with Crippen LogP contribution in [0.3, 0.4) is 0 Å². The molecule has 0 aromatic heterocycles. The van der Waals surface area contributed by atoms with Gasteiger partial charge >= 0.3 is 12.1 Å². The molecule has 0 heterocycles. The van der Waals surface area contributed by atoms with E-state index in [1.54, 1.807) is 24.3 Å². The monoisotopic (exact) mass is 282 g/mol. The zero-order valence-electron chi connectivity index (χ0n) is 11.8. The molecular weight excluding hydrogens is 264 g/mol. The van der Waals surface area contributed by atoms with E-state index in [2.05, 4.69) is 19.6 Å². The van der Waals surface area contributed by atoms with Gasteiger partial charge in [-0.05, 0) is 30.0 Å². The number of rotatable bonds is 6. The highest BCUT2D eigenvalue weighted by Gasteiger charge is 2.12. The second-order valence-electron chi connectivity index (χ2n) is 4.53. The predicted octanol–water partition coefficient (Wildman–Crippen LogP) is 3.06. The van der Waals surface area contributed by atoms with Crippen LogP contribution < -0.4 is 0 Å². The fourth-order valence-electron chi connectivity index (χ4n) is 1.26. The van der Waals surface area contributed by atoms with Gasteiger partial charge in [-0.25, -0.2) is 14.5 Å². The first-order valence-electron chi connectivity index (χ1n) is 6.34. The Morgan fingerprint density at radius 2 is 1.75 bits per heavy atom. The zero-order valence-corrected chi connectivity index (χ0v) is 11.8. The molecule has 0 N–H and O–H groups in total. The third kappa shape index (κ3) is 5.71. The Morgan fingerprint density at radius 3 is 2.30 bits per heavy atom. The molecule has 0 aliphatic carbocycles. The summed E-state index contributed by atoms with van der Waals surface area (Å²) in [5.41, 5.74) is 1.39. The maximum Gasteiger partial charge on any atom is 0.543 e. The number of hydrogen-bond donors (Lipinski definition) is 0. The van der Waals surface area contributed by atoms with Crippen LogP contribution in [-0.4, -0.2) is 18.7 Å². The van der Waals surface area contributed by atoms with Crippen LogP contribution in [0.1, 0.15) is 36.7 Å². The lowest BCUT2D eigenvalue weighted by molar-refractivity contribution is -0.452. The Bertz CT molecular complexity index is 437. The summed E-state index contributed by atoms with van der Waals surface area (Å²) in [6, 6.07) is 6.80. The lowest BCUT2D eigenvalue weighted by Crippen LogP contribution is -2.14. The summed E-state index contributed by atoms with van der Waals surface area (Å²) in [7, 11) is 0. The van der Waals surface area contributed by atoms with Gasteiger partial charge in [0.2, 0.25) is 0 Å². The first-order valence-corrected chi connectivity index (χ1v) is 6.34. The minimum absolute atomic E-state index is 0.169. The van der Waals surface area contributed by atoms with Gasteiger partial charge in [-0.2, -0.15) is 0 Å². The van der Waals surface area contributed by atoms with Crippen molar-refractivity contribution in [2.45, 2.75) is 27.2 Å². The van der Waals surface area contributed by atoms with Crippen molar-refractivity contribution in [2.24, 2.45) is 5.92 Å². The van der Waals surface area contributed by atoms with Gasteiger partial charge in [-0.15, -0.1) is 0 Å². The molecule has 0 saturated carbocycles. The van der Waals surface area contributed by atoms with Crippen molar-refractivity contribution in [3.8, 4) is 0 Å². The minimum atomic E-state index is -1.06. The van der Waals surface area contributed by atoms with Crippen molar-refractivity contribution in [3.05, 3.63) is 35.4 Å². The summed E-state index contributed by atoms with van der Waals surface area (Å²) < 4.78 is 4.64. The van der Waals surface area contributed by atoms with Crippen LogP contribution in [0.4, 0.5) is 4.79 Å². The Balaban J connectivity index is 2.30. The maximum absolute atomic E-state index is 11.5. The molecule has 0 spiro atoms. The summed E-state index contributed by atoms with van der Waals surface area (Å²) in [5.74, 6) is -0.591. The molecular formula is C14H18O6. The van der Waals surface area contributed by atoms with E-state index in [9.17, 15) is 9.59 Å². The first kappa shape index (κ1) is 16.0. The van der Waals surface area contributed by atoms with Gasteiger partial charge in [-0.1, -0.05) is 32.9 Å². The van der Waals surface area contributed by atoms with E-state index in [0.29, 0.717) is 5.56 Å². The molecule has 6 nitrogen and oxygen atoms in total. The molecule has 0 aliphatic rings. The zero-order chi connectivity index (χ0) is 15.0. The fraction of sp³-hybridized carbons (Fsp3) is 0.429. The van der Waals surface area contributed by atoms with E-state index in [4.69, 9.17) is 0 Å². The van der Waals surface area contributed by atoms with Crippen LogP contribution in [0.5, 0.6) is 0 Å². The van der Waals surface area contributed by atoms with Crippen LogP contribution in [-0.2, 0) is 26.0 Å². The average molecular weight is 282 g/mol. The van der Waals surface area contributed by atoms with Crippen molar-refractivity contribution >= 4 is 12.1 Å². The van der Waals surface area contributed by atoms with E-state index < -0.39 is 12.1 Å². The van der Waals surface area contributed by atoms with Gasteiger partial charge < -0.3 is 4.74 Å². The van der Waals surface area contributed by atoms with E-state index >= 15 is 0 Å². The molecule has 1 aromatic rings. The molecule has 0 radical (unpaired) electrons. The molecule has 0 aliphatic heterocycles. The van der Waals surface area contributed by atoms with Crippen LogP contribution in [0.25, 0.3) is 0 Å². The SMILES string of the molecule is CCc1ccc(C(=O)OOOC(=O)OCC(C)C)cc1. The lowest BCUT2D eigenvalue weighted by atomic mass is 10.1. The average Bonchev–Trinajstić information content (AvgIpc) is 2.45. The number of hydrogen-bond acceptors (Lipinski definition) is 6. The van der Waals surface area contributed by atoms with Crippen LogP contribution >= 0.6 is 0 Å². The smallest absolute Gasteiger partial charge is 0.432 e. The standard InChI is InChI=1S/C14H18O6/c1-4-11-5-7-12(8-6-11)13(15)18-20-19-14(16)17-9-10(2)3/h5-8,10H,4,9H2,1-3H3. The molecule has 0 amide bonds. The summed E-state index contributed by atoms with van der Waals surface area (Å²) in [6.45, 7) is 5.93. The van der Waals surface area contributed by atoms with E-state index in [1.165, 1.54) is 0 Å². The maximum atomic E-state index is 11.5. The molecule has 0 atom stereocenters. The van der Waals surface area contributed by atoms with Crippen LogP contribution in [0, 0.1) is 5.92 Å². The predicted molar refractivity (Wildman–Crippen MR) is 69.6 cm³/mol. The number of aryl methyl sites for hydroxylation is 1. The van der Waals surface area contributed by atoms with Crippen molar-refractivity contribution < 1.29 is 29.1 Å². The van der Waals surface area contributed by atoms with E-state index in [1.807, 2.05) is 20.8 Å². The number of ether oxygens (including phenoxy) is 1. The van der Waals surface area contributed by atoms with Crippen molar-refractivity contribution in [1.82, 2.24) is 0 Å². The van der Waals surface area contributed by atoms with Gasteiger partial charge in [0.05, 0.1) is 17.2 Å². The molecule has 1 rings (SSSR count). The summed E-state index contributed by atoms with van der Waals surface area (Å²) in [6.07, 6.45) is -0.191. The molecule has 1 aromatic carbocycles. The van der Waals surface area contributed by atoms with E-state index in [-0.39, 0.29) is 12.5 Å². The van der Waals surface area contributed by atoms with E-state index in [0.717, 1.165) is 12.0 Å². The second-order valence-corrected chi connectivity index (χ2v) is 4.53. The molecule has 20 heavy (non-hydrogen) atoms. The number of carbonyl (C=O) groups excluding carboxylic acids is 2. The minimum Gasteiger partial charge on any atom is -0.432 e. The van der Waals surface area contributed by atoms with Crippen molar-refractivity contribution in [3.63, 3.8) is 0 Å². The quantitative estimate of drug-likeness (QED) is 0.453. The highest BCUT2D eigenvalue weighted by Crippen LogP contribution is 2.07. The third-order valence-electron chi connectivity index (χ3n) is 2.34. The Hall–Kier alpha value is -2.08. The highest BCUT2D eigenvalue weighted by molar-refractivity contribution is 5.88. The number of benzene rings is 1. The van der Waals surface area contributed by atoms with Gasteiger partial charge in [-0.3, -0.25) is 4.89 Å². The Kier molecular flexibility index (Phi) is 6.52. The van der Waals surface area contributed by atoms with Crippen molar-refractivity contribution in [2.75, 3.05) is 6.61 Å². The topological polar surface area (TPSA) is 71.1 Å². The normalized spacial score (nSPS) is 10.2. The largest absolute Gasteiger partial charge is 0.543 e. The summed E-state index contributed by atoms with van der Waals surface area (Å²) in [4.78, 5) is 30.9. The van der Waals surface area contributed by atoms with Crippen molar-refractivity contribution in [1.29, 1.82) is 0 Å². The van der Waals surface area contributed by atoms with Crippen LogP contribution in [0.2, 0.25) is 0 Å². The molecule has 0 unspecified atom stereocenters. The molecule has 0 fully saturated rings. The van der Waals surface area contributed by atoms with Crippen LogP contribution in [0.15, 0.2) is 24.3 Å². The molecule has 6 heteroatoms. The third-order valence-corrected chi connectivity index (χ3v) is 2.34. The summed E-state index contributed by atoms with van der Waals surface area (Å²) >= 11 is 0. The van der Waals surface area contributed by atoms with Gasteiger partial charge in [0, 0.05) is 0 Å². The second kappa shape index (κ2) is 8.16. The summed E-state index contributed by atoms with van der Waals surface area (Å²) in [5, 5.41) is 4.08. The molecule has 0 saturated heterocycles. The Morgan fingerprint density at radius 1 is 1.10 bits per heavy atom. The highest BCUT2D eigenvalue weighted by atomic mass is 17.5. The van der Waals surface area contributed by atoms with Gasteiger partial charge in [0.1, 0.15) is 0 Å².